The molecule has 0 fully saturated rings. The Bertz CT molecular complexity index is 364. The highest BCUT2D eigenvalue weighted by molar-refractivity contribution is 7.99. The Hall–Kier alpha value is -0.420. The van der Waals surface area contributed by atoms with Crippen molar-refractivity contribution in [3.63, 3.8) is 0 Å². The fourth-order valence-electron chi connectivity index (χ4n) is 1.55. The molecule has 6 heteroatoms. The number of thioether (sulfide) groups is 1. The van der Waals surface area contributed by atoms with E-state index < -0.39 is 0 Å². The topological polar surface area (TPSA) is 50.7 Å². The minimum Gasteiger partial charge on any atom is -0.270 e. The van der Waals surface area contributed by atoms with Crippen molar-refractivity contribution in [2.75, 3.05) is 11.6 Å². The molecule has 0 aliphatic rings. The molecule has 1 aromatic heterocycles. The number of hydrogen-bond acceptors (Lipinski definition) is 3. The van der Waals surface area contributed by atoms with E-state index in [1.807, 2.05) is 0 Å². The van der Waals surface area contributed by atoms with Crippen LogP contribution in [-0.4, -0.2) is 26.4 Å². The van der Waals surface area contributed by atoms with Crippen molar-refractivity contribution in [1.29, 1.82) is 0 Å². The van der Waals surface area contributed by atoms with Gasteiger partial charge in [-0.3, -0.25) is 4.57 Å². The molecule has 0 unspecified atom stereocenters. The Kier molecular flexibility index (Phi) is 7.44. The largest absolute Gasteiger partial charge is 0.343 e. The SMILES string of the molecule is CCCn1c(SCCCCCCCl)n[nH]c1=O. The molecule has 0 spiro atoms. The monoisotopic (exact) mass is 277 g/mol. The maximum absolute atomic E-state index is 11.4. The number of alkyl halides is 1. The summed E-state index contributed by atoms with van der Waals surface area (Å²) in [6.45, 7) is 2.80. The highest BCUT2D eigenvalue weighted by Gasteiger charge is 2.07. The molecule has 1 N–H and O–H groups in total. The van der Waals surface area contributed by atoms with E-state index >= 15 is 0 Å². The number of hydrogen-bond donors (Lipinski definition) is 1. The Labute approximate surface area is 111 Å². The zero-order valence-electron chi connectivity index (χ0n) is 10.2. The lowest BCUT2D eigenvalue weighted by Gasteiger charge is -2.03. The van der Waals surface area contributed by atoms with Gasteiger partial charge in [-0.1, -0.05) is 31.5 Å². The summed E-state index contributed by atoms with van der Waals surface area (Å²) in [6.07, 6.45) is 5.57. The smallest absolute Gasteiger partial charge is 0.270 e. The minimum atomic E-state index is -0.100. The lowest BCUT2D eigenvalue weighted by Crippen LogP contribution is -2.17. The van der Waals surface area contributed by atoms with E-state index in [1.54, 1.807) is 16.3 Å². The number of halogens is 1. The van der Waals surface area contributed by atoms with Crippen LogP contribution in [0.2, 0.25) is 0 Å². The van der Waals surface area contributed by atoms with Crippen LogP contribution < -0.4 is 5.69 Å². The van der Waals surface area contributed by atoms with E-state index in [4.69, 9.17) is 11.6 Å². The van der Waals surface area contributed by atoms with E-state index in [1.165, 1.54) is 12.8 Å². The molecule has 17 heavy (non-hydrogen) atoms. The van der Waals surface area contributed by atoms with E-state index in [9.17, 15) is 4.79 Å². The van der Waals surface area contributed by atoms with Gasteiger partial charge in [0.2, 0.25) is 0 Å². The third-order valence-electron chi connectivity index (χ3n) is 2.43. The number of nitrogens with one attached hydrogen (secondary N) is 1. The number of aromatic nitrogens is 3. The number of unbranched alkanes of at least 4 members (excludes halogenated alkanes) is 3. The summed E-state index contributed by atoms with van der Waals surface area (Å²) < 4.78 is 1.71. The number of H-pyrrole nitrogens is 1. The third-order valence-corrected chi connectivity index (χ3v) is 3.76. The van der Waals surface area contributed by atoms with Gasteiger partial charge in [0.05, 0.1) is 0 Å². The van der Waals surface area contributed by atoms with E-state index in [0.29, 0.717) is 0 Å². The number of aromatic amines is 1. The summed E-state index contributed by atoms with van der Waals surface area (Å²) in [5.41, 5.74) is -0.100. The van der Waals surface area contributed by atoms with Crippen LogP contribution in [0.5, 0.6) is 0 Å². The minimum absolute atomic E-state index is 0.100. The Balaban J connectivity index is 2.29. The van der Waals surface area contributed by atoms with Crippen molar-refractivity contribution >= 4 is 23.4 Å². The molecular formula is C11H20ClN3OS. The molecule has 0 radical (unpaired) electrons. The average molecular weight is 278 g/mol. The summed E-state index contributed by atoms with van der Waals surface area (Å²) in [4.78, 5) is 11.4. The Morgan fingerprint density at radius 2 is 2.12 bits per heavy atom. The third kappa shape index (κ3) is 5.17. The summed E-state index contributed by atoms with van der Waals surface area (Å²) in [5.74, 6) is 1.76. The molecule has 4 nitrogen and oxygen atoms in total. The first-order valence-corrected chi connectivity index (χ1v) is 7.65. The van der Waals surface area contributed by atoms with Gasteiger partial charge in [-0.2, -0.15) is 0 Å². The molecule has 0 aliphatic carbocycles. The van der Waals surface area contributed by atoms with Gasteiger partial charge >= 0.3 is 5.69 Å². The van der Waals surface area contributed by atoms with Crippen LogP contribution >= 0.6 is 23.4 Å². The molecule has 1 heterocycles. The summed E-state index contributed by atoms with van der Waals surface area (Å²) in [6, 6.07) is 0. The predicted octanol–water partition coefficient (Wildman–Crippen LogP) is 2.87. The first-order valence-electron chi connectivity index (χ1n) is 6.13. The van der Waals surface area contributed by atoms with Crippen LogP contribution in [0.4, 0.5) is 0 Å². The van der Waals surface area contributed by atoms with Crippen molar-refractivity contribution in [3.8, 4) is 0 Å². The van der Waals surface area contributed by atoms with Gasteiger partial charge in [-0.15, -0.1) is 16.7 Å². The van der Waals surface area contributed by atoms with Crippen LogP contribution in [0.15, 0.2) is 9.95 Å². The molecule has 0 bridgehead atoms. The molecule has 0 saturated heterocycles. The van der Waals surface area contributed by atoms with Crippen LogP contribution in [0.1, 0.15) is 39.0 Å². The van der Waals surface area contributed by atoms with Gasteiger partial charge in [0.15, 0.2) is 5.16 Å². The predicted molar refractivity (Wildman–Crippen MR) is 73.1 cm³/mol. The number of nitrogens with zero attached hydrogens (tertiary/aromatic N) is 2. The first-order chi connectivity index (χ1) is 8.29. The van der Waals surface area contributed by atoms with Gasteiger partial charge in [0, 0.05) is 18.2 Å². The number of rotatable bonds is 9. The van der Waals surface area contributed by atoms with Crippen molar-refractivity contribution < 1.29 is 0 Å². The normalized spacial score (nSPS) is 10.9. The second-order valence-electron chi connectivity index (χ2n) is 3.91. The molecule has 0 amide bonds. The summed E-state index contributed by atoms with van der Waals surface area (Å²) in [7, 11) is 0. The standard InChI is InChI=1S/C11H20ClN3OS/c1-2-8-15-10(16)13-14-11(15)17-9-6-4-3-5-7-12/h2-9H2,1H3,(H,13,16). The average Bonchev–Trinajstić information content (AvgIpc) is 2.66. The molecule has 98 valence electrons. The molecule has 0 saturated carbocycles. The van der Waals surface area contributed by atoms with Crippen LogP contribution in [0, 0.1) is 0 Å². The second-order valence-corrected chi connectivity index (χ2v) is 5.35. The zero-order valence-corrected chi connectivity index (χ0v) is 11.8. The maximum atomic E-state index is 11.4. The summed E-state index contributed by atoms with van der Waals surface area (Å²) >= 11 is 7.26. The zero-order chi connectivity index (χ0) is 12.5. The highest BCUT2D eigenvalue weighted by atomic mass is 35.5. The molecule has 0 aromatic carbocycles. The van der Waals surface area contributed by atoms with Crippen LogP contribution in [0.25, 0.3) is 0 Å². The van der Waals surface area contributed by atoms with Crippen molar-refractivity contribution in [3.05, 3.63) is 10.5 Å². The fraction of sp³-hybridized carbons (Fsp3) is 0.818. The fourth-order valence-corrected chi connectivity index (χ4v) is 2.71. The van der Waals surface area contributed by atoms with Crippen molar-refractivity contribution in [2.45, 2.75) is 50.7 Å². The first kappa shape index (κ1) is 14.6. The molecule has 0 aliphatic heterocycles. The lowest BCUT2D eigenvalue weighted by molar-refractivity contribution is 0.603. The van der Waals surface area contributed by atoms with Crippen LogP contribution in [-0.2, 0) is 6.54 Å². The van der Waals surface area contributed by atoms with E-state index in [2.05, 4.69) is 17.1 Å². The highest BCUT2D eigenvalue weighted by Crippen LogP contribution is 2.16. The van der Waals surface area contributed by atoms with Gasteiger partial charge in [0.25, 0.3) is 0 Å². The second kappa shape index (κ2) is 8.64. The van der Waals surface area contributed by atoms with Gasteiger partial charge < -0.3 is 0 Å². The Morgan fingerprint density at radius 3 is 2.82 bits per heavy atom. The quantitative estimate of drug-likeness (QED) is 0.429. The maximum Gasteiger partial charge on any atom is 0.343 e. The van der Waals surface area contributed by atoms with Gasteiger partial charge in [0.1, 0.15) is 0 Å². The molecule has 0 atom stereocenters. The summed E-state index contributed by atoms with van der Waals surface area (Å²) in [5, 5.41) is 7.35. The molecular weight excluding hydrogens is 258 g/mol. The van der Waals surface area contributed by atoms with Crippen LogP contribution in [0.3, 0.4) is 0 Å². The molecule has 1 rings (SSSR count). The van der Waals surface area contributed by atoms with Crippen molar-refractivity contribution in [1.82, 2.24) is 14.8 Å². The van der Waals surface area contributed by atoms with E-state index in [-0.39, 0.29) is 5.69 Å². The van der Waals surface area contributed by atoms with Gasteiger partial charge in [-0.05, 0) is 19.3 Å². The Morgan fingerprint density at radius 1 is 1.35 bits per heavy atom. The molecule has 1 aromatic rings. The van der Waals surface area contributed by atoms with E-state index in [0.717, 1.165) is 42.6 Å². The van der Waals surface area contributed by atoms with Crippen molar-refractivity contribution in [2.24, 2.45) is 0 Å². The van der Waals surface area contributed by atoms with Gasteiger partial charge in [-0.25, -0.2) is 9.89 Å². The lowest BCUT2D eigenvalue weighted by atomic mass is 10.2.